The maximum Gasteiger partial charge on any atom is 0.265 e. The molecule has 0 fully saturated rings. The molecule has 4 nitrogen and oxygen atoms in total. The number of ether oxygens (including phenoxy) is 1. The summed E-state index contributed by atoms with van der Waals surface area (Å²) in [6, 6.07) is 15.5. The topological polar surface area (TPSA) is 64.3 Å². The number of rotatable bonds is 4. The predicted octanol–water partition coefficient (Wildman–Crippen LogP) is 2.13. The molecule has 2 aromatic rings. The van der Waals surface area contributed by atoms with Gasteiger partial charge in [-0.2, -0.15) is 0 Å². The summed E-state index contributed by atoms with van der Waals surface area (Å²) in [6.07, 6.45) is 1.01. The molecule has 0 aliphatic carbocycles. The predicted molar refractivity (Wildman–Crippen MR) is 82.4 cm³/mol. The van der Waals surface area contributed by atoms with Crippen molar-refractivity contribution in [2.45, 2.75) is 18.9 Å². The molecule has 0 aromatic heterocycles. The van der Waals surface area contributed by atoms with Gasteiger partial charge in [0.15, 0.2) is 6.10 Å². The van der Waals surface area contributed by atoms with Crippen LogP contribution in [0.25, 0.3) is 0 Å². The fraction of sp³-hybridized carbons (Fsp3) is 0.235. The van der Waals surface area contributed by atoms with E-state index in [1.807, 2.05) is 48.5 Å². The van der Waals surface area contributed by atoms with E-state index in [1.165, 1.54) is 5.56 Å². The van der Waals surface area contributed by atoms with Crippen LogP contribution in [0.15, 0.2) is 48.5 Å². The van der Waals surface area contributed by atoms with E-state index >= 15 is 0 Å². The van der Waals surface area contributed by atoms with Gasteiger partial charge in [0.05, 0.1) is 0 Å². The first kappa shape index (κ1) is 13.6. The number of amides is 1. The van der Waals surface area contributed by atoms with Gasteiger partial charge in [0.1, 0.15) is 5.75 Å². The number of para-hydroxylation sites is 1. The summed E-state index contributed by atoms with van der Waals surface area (Å²) in [7, 11) is 0. The number of carbonyl (C=O) groups is 1. The largest absolute Gasteiger partial charge is 0.480 e. The minimum atomic E-state index is -0.453. The third-order valence-electron chi connectivity index (χ3n) is 3.59. The number of hydrogen-bond acceptors (Lipinski definition) is 3. The van der Waals surface area contributed by atoms with Crippen molar-refractivity contribution in [1.29, 1.82) is 0 Å². The molecule has 1 atom stereocenters. The number of nitrogens with two attached hydrogens (primary N) is 1. The number of fused-ring (bicyclic) bond motifs is 1. The number of carbonyl (C=O) groups excluding carboxylic acids is 1. The van der Waals surface area contributed by atoms with Gasteiger partial charge in [-0.05, 0) is 42.3 Å². The van der Waals surface area contributed by atoms with E-state index in [4.69, 9.17) is 10.5 Å². The molecule has 0 radical (unpaired) electrons. The molecule has 0 saturated heterocycles. The van der Waals surface area contributed by atoms with Crippen molar-refractivity contribution in [3.05, 3.63) is 59.7 Å². The minimum absolute atomic E-state index is 0.113. The Morgan fingerprint density at radius 1 is 1.19 bits per heavy atom. The van der Waals surface area contributed by atoms with Gasteiger partial charge in [0, 0.05) is 12.1 Å². The highest BCUT2D eigenvalue weighted by atomic mass is 16.5. The van der Waals surface area contributed by atoms with Crippen LogP contribution in [0.5, 0.6) is 5.75 Å². The highest BCUT2D eigenvalue weighted by Crippen LogP contribution is 2.28. The van der Waals surface area contributed by atoms with Crippen LogP contribution in [0.4, 0.5) is 5.69 Å². The standard InChI is InChI=1S/C17H18N2O2/c18-10-9-12-5-7-14(8-6-12)19-17(20)16-11-13-3-1-2-4-15(13)21-16/h1-8,16H,9-11,18H2,(H,19,20). The van der Waals surface area contributed by atoms with Gasteiger partial charge in [-0.3, -0.25) is 4.79 Å². The molecule has 0 bridgehead atoms. The molecule has 2 aromatic carbocycles. The molecule has 3 N–H and O–H groups in total. The van der Waals surface area contributed by atoms with Crippen molar-refractivity contribution in [3.63, 3.8) is 0 Å². The van der Waals surface area contributed by atoms with Gasteiger partial charge in [0.2, 0.25) is 0 Å². The third-order valence-corrected chi connectivity index (χ3v) is 3.59. The Bertz CT molecular complexity index is 612. The molecule has 108 valence electrons. The summed E-state index contributed by atoms with van der Waals surface area (Å²) < 4.78 is 5.67. The first-order valence-electron chi connectivity index (χ1n) is 7.10. The average molecular weight is 282 g/mol. The molecule has 1 aliphatic heterocycles. The van der Waals surface area contributed by atoms with Crippen LogP contribution in [0.3, 0.4) is 0 Å². The van der Waals surface area contributed by atoms with Crippen molar-refractivity contribution in [2.75, 3.05) is 11.9 Å². The number of hydrogen-bond donors (Lipinski definition) is 2. The fourth-order valence-electron chi connectivity index (χ4n) is 2.47. The van der Waals surface area contributed by atoms with Crippen molar-refractivity contribution in [2.24, 2.45) is 5.73 Å². The maximum atomic E-state index is 12.2. The van der Waals surface area contributed by atoms with E-state index in [2.05, 4.69) is 5.32 Å². The Labute approximate surface area is 123 Å². The second-order valence-electron chi connectivity index (χ2n) is 5.14. The summed E-state index contributed by atoms with van der Waals surface area (Å²) in [5.74, 6) is 0.689. The molecule has 0 spiro atoms. The van der Waals surface area contributed by atoms with E-state index in [0.717, 1.165) is 23.4 Å². The van der Waals surface area contributed by atoms with Crippen LogP contribution >= 0.6 is 0 Å². The normalized spacial score (nSPS) is 16.1. The van der Waals surface area contributed by atoms with E-state index in [-0.39, 0.29) is 5.91 Å². The van der Waals surface area contributed by atoms with Gasteiger partial charge >= 0.3 is 0 Å². The molecule has 1 unspecified atom stereocenters. The van der Waals surface area contributed by atoms with Gasteiger partial charge < -0.3 is 15.8 Å². The second-order valence-corrected chi connectivity index (χ2v) is 5.14. The zero-order valence-electron chi connectivity index (χ0n) is 11.7. The Morgan fingerprint density at radius 2 is 1.95 bits per heavy atom. The molecule has 0 saturated carbocycles. The van der Waals surface area contributed by atoms with E-state index in [9.17, 15) is 4.79 Å². The highest BCUT2D eigenvalue weighted by molar-refractivity contribution is 5.95. The van der Waals surface area contributed by atoms with Crippen LogP contribution in [-0.2, 0) is 17.6 Å². The summed E-state index contributed by atoms with van der Waals surface area (Å²) in [5.41, 5.74) is 8.54. The molecular weight excluding hydrogens is 264 g/mol. The van der Waals surface area contributed by atoms with Crippen molar-refractivity contribution >= 4 is 11.6 Å². The maximum absolute atomic E-state index is 12.2. The van der Waals surface area contributed by atoms with Crippen molar-refractivity contribution < 1.29 is 9.53 Å². The smallest absolute Gasteiger partial charge is 0.265 e. The zero-order chi connectivity index (χ0) is 14.7. The van der Waals surface area contributed by atoms with Crippen molar-refractivity contribution in [3.8, 4) is 5.75 Å². The summed E-state index contributed by atoms with van der Waals surface area (Å²) in [4.78, 5) is 12.2. The molecule has 21 heavy (non-hydrogen) atoms. The van der Waals surface area contributed by atoms with Gasteiger partial charge in [0.25, 0.3) is 5.91 Å². The van der Waals surface area contributed by atoms with E-state index < -0.39 is 6.10 Å². The molecule has 1 amide bonds. The van der Waals surface area contributed by atoms with Gasteiger partial charge in [-0.25, -0.2) is 0 Å². The summed E-state index contributed by atoms with van der Waals surface area (Å²) in [5, 5.41) is 2.89. The van der Waals surface area contributed by atoms with E-state index in [0.29, 0.717) is 13.0 Å². The molecular formula is C17H18N2O2. The SMILES string of the molecule is NCCc1ccc(NC(=O)C2Cc3ccccc3O2)cc1. The Kier molecular flexibility index (Phi) is 3.88. The first-order valence-corrected chi connectivity index (χ1v) is 7.10. The molecule has 1 aliphatic rings. The lowest BCUT2D eigenvalue weighted by Gasteiger charge is -2.11. The van der Waals surface area contributed by atoms with Crippen LogP contribution in [0.1, 0.15) is 11.1 Å². The number of anilines is 1. The van der Waals surface area contributed by atoms with Crippen LogP contribution in [-0.4, -0.2) is 18.6 Å². The van der Waals surface area contributed by atoms with E-state index in [1.54, 1.807) is 0 Å². The summed E-state index contributed by atoms with van der Waals surface area (Å²) >= 11 is 0. The Morgan fingerprint density at radius 3 is 2.67 bits per heavy atom. The Balaban J connectivity index is 1.62. The Hall–Kier alpha value is -2.33. The molecule has 1 heterocycles. The average Bonchev–Trinajstić information content (AvgIpc) is 2.94. The lowest BCUT2D eigenvalue weighted by molar-refractivity contribution is -0.122. The highest BCUT2D eigenvalue weighted by Gasteiger charge is 2.28. The van der Waals surface area contributed by atoms with Crippen LogP contribution in [0, 0.1) is 0 Å². The second kappa shape index (κ2) is 5.97. The third kappa shape index (κ3) is 3.06. The number of nitrogens with one attached hydrogen (secondary N) is 1. The number of benzene rings is 2. The monoisotopic (exact) mass is 282 g/mol. The van der Waals surface area contributed by atoms with Crippen molar-refractivity contribution in [1.82, 2.24) is 0 Å². The van der Waals surface area contributed by atoms with Crippen LogP contribution in [0.2, 0.25) is 0 Å². The minimum Gasteiger partial charge on any atom is -0.480 e. The van der Waals surface area contributed by atoms with Gasteiger partial charge in [-0.1, -0.05) is 30.3 Å². The van der Waals surface area contributed by atoms with Gasteiger partial charge in [-0.15, -0.1) is 0 Å². The quantitative estimate of drug-likeness (QED) is 0.903. The summed E-state index contributed by atoms with van der Waals surface area (Å²) in [6.45, 7) is 0.625. The first-order chi connectivity index (χ1) is 10.3. The van der Waals surface area contributed by atoms with Crippen LogP contribution < -0.4 is 15.8 Å². The molecule has 3 rings (SSSR count). The lowest BCUT2D eigenvalue weighted by Crippen LogP contribution is -2.31. The molecule has 4 heteroatoms. The lowest BCUT2D eigenvalue weighted by atomic mass is 10.1. The fourth-order valence-corrected chi connectivity index (χ4v) is 2.47. The zero-order valence-corrected chi connectivity index (χ0v) is 11.7.